The third-order valence-electron chi connectivity index (χ3n) is 3.20. The van der Waals surface area contributed by atoms with E-state index in [9.17, 15) is 0 Å². The lowest BCUT2D eigenvalue weighted by molar-refractivity contribution is -0.162. The number of hydrogen-bond donors (Lipinski definition) is 0. The van der Waals surface area contributed by atoms with Gasteiger partial charge in [-0.3, -0.25) is 0 Å². The van der Waals surface area contributed by atoms with Crippen molar-refractivity contribution in [1.82, 2.24) is 0 Å². The molecule has 1 aliphatic rings. The second-order valence-corrected chi connectivity index (χ2v) is 5.28. The Hall–Kier alpha value is -0.380. The smallest absolute Gasteiger partial charge is 0.157 e. The molecule has 18 heavy (non-hydrogen) atoms. The van der Waals surface area contributed by atoms with Crippen LogP contribution in [-0.4, -0.2) is 19.5 Å². The molecule has 2 rings (SSSR count). The molecule has 0 radical (unpaired) electrons. The SMILES string of the molecule is BrCc1cccc(CCCOC2CCCCO2)c1. The highest BCUT2D eigenvalue weighted by Crippen LogP contribution is 2.15. The van der Waals surface area contributed by atoms with Gasteiger partial charge in [-0.25, -0.2) is 0 Å². The first kappa shape index (κ1) is 14.0. The van der Waals surface area contributed by atoms with Crippen LogP contribution in [0.2, 0.25) is 0 Å². The minimum Gasteiger partial charge on any atom is -0.353 e. The summed E-state index contributed by atoms with van der Waals surface area (Å²) in [6, 6.07) is 8.71. The lowest BCUT2D eigenvalue weighted by Gasteiger charge is -2.22. The van der Waals surface area contributed by atoms with E-state index in [0.29, 0.717) is 0 Å². The van der Waals surface area contributed by atoms with Gasteiger partial charge in [-0.1, -0.05) is 40.2 Å². The highest BCUT2D eigenvalue weighted by atomic mass is 79.9. The van der Waals surface area contributed by atoms with Crippen LogP contribution in [0.25, 0.3) is 0 Å². The standard InChI is InChI=1S/C15H21BrO2/c16-12-14-6-3-5-13(11-14)7-4-10-18-15-8-1-2-9-17-15/h3,5-6,11,15H,1-2,4,7-10,12H2. The monoisotopic (exact) mass is 312 g/mol. The van der Waals surface area contributed by atoms with Gasteiger partial charge in [-0.05, 0) is 43.2 Å². The lowest BCUT2D eigenvalue weighted by atomic mass is 10.1. The fraction of sp³-hybridized carbons (Fsp3) is 0.600. The molecule has 0 spiro atoms. The van der Waals surface area contributed by atoms with Crippen molar-refractivity contribution in [3.05, 3.63) is 35.4 Å². The Balaban J connectivity index is 1.65. The number of alkyl halides is 1. The summed E-state index contributed by atoms with van der Waals surface area (Å²) in [7, 11) is 0. The zero-order valence-electron chi connectivity index (χ0n) is 10.7. The van der Waals surface area contributed by atoms with Gasteiger partial charge in [0.05, 0.1) is 6.61 Å². The van der Waals surface area contributed by atoms with Crippen LogP contribution in [-0.2, 0) is 21.2 Å². The van der Waals surface area contributed by atoms with Gasteiger partial charge in [0.15, 0.2) is 6.29 Å². The van der Waals surface area contributed by atoms with Crippen LogP contribution in [0.4, 0.5) is 0 Å². The van der Waals surface area contributed by atoms with Crippen molar-refractivity contribution < 1.29 is 9.47 Å². The summed E-state index contributed by atoms with van der Waals surface area (Å²) in [5.41, 5.74) is 2.73. The maximum absolute atomic E-state index is 5.73. The molecule has 100 valence electrons. The van der Waals surface area contributed by atoms with E-state index in [1.165, 1.54) is 24.0 Å². The molecule has 1 aromatic rings. The van der Waals surface area contributed by atoms with Gasteiger partial charge in [0, 0.05) is 11.9 Å². The maximum atomic E-state index is 5.73. The number of halogens is 1. The lowest BCUT2D eigenvalue weighted by Crippen LogP contribution is -2.22. The molecule has 1 aliphatic heterocycles. The van der Waals surface area contributed by atoms with Crippen LogP contribution < -0.4 is 0 Å². The summed E-state index contributed by atoms with van der Waals surface area (Å²) in [6.45, 7) is 1.65. The van der Waals surface area contributed by atoms with Gasteiger partial charge in [0.2, 0.25) is 0 Å². The second-order valence-electron chi connectivity index (χ2n) is 4.72. The Labute approximate surface area is 118 Å². The molecule has 0 N–H and O–H groups in total. The zero-order chi connectivity index (χ0) is 12.6. The molecule has 0 amide bonds. The van der Waals surface area contributed by atoms with E-state index in [4.69, 9.17) is 9.47 Å². The van der Waals surface area contributed by atoms with Gasteiger partial charge < -0.3 is 9.47 Å². The van der Waals surface area contributed by atoms with Gasteiger partial charge >= 0.3 is 0 Å². The molecular weight excluding hydrogens is 292 g/mol. The van der Waals surface area contributed by atoms with Crippen molar-refractivity contribution in [2.45, 2.75) is 43.7 Å². The molecule has 0 aliphatic carbocycles. The fourth-order valence-corrected chi connectivity index (χ4v) is 2.55. The molecule has 0 aromatic heterocycles. The van der Waals surface area contributed by atoms with E-state index >= 15 is 0 Å². The van der Waals surface area contributed by atoms with Crippen molar-refractivity contribution in [2.75, 3.05) is 13.2 Å². The van der Waals surface area contributed by atoms with E-state index in [1.807, 2.05) is 0 Å². The molecule has 1 heterocycles. The Bertz CT molecular complexity index is 348. The van der Waals surface area contributed by atoms with Crippen LogP contribution in [0.1, 0.15) is 36.8 Å². The van der Waals surface area contributed by atoms with Crippen molar-refractivity contribution in [3.63, 3.8) is 0 Å². The molecule has 1 aromatic carbocycles. The third-order valence-corrected chi connectivity index (χ3v) is 3.84. The summed E-state index contributed by atoms with van der Waals surface area (Å²) >= 11 is 3.48. The molecule has 1 atom stereocenters. The van der Waals surface area contributed by atoms with Gasteiger partial charge in [-0.15, -0.1) is 0 Å². The summed E-state index contributed by atoms with van der Waals surface area (Å²) < 4.78 is 11.3. The first-order chi connectivity index (χ1) is 8.88. The molecule has 0 bridgehead atoms. The molecule has 2 nitrogen and oxygen atoms in total. The summed E-state index contributed by atoms with van der Waals surface area (Å²) in [6.07, 6.45) is 5.66. The predicted octanol–water partition coefficient (Wildman–Crippen LogP) is 4.06. The van der Waals surface area contributed by atoms with Crippen molar-refractivity contribution in [2.24, 2.45) is 0 Å². The van der Waals surface area contributed by atoms with Crippen LogP contribution >= 0.6 is 15.9 Å². The van der Waals surface area contributed by atoms with E-state index in [-0.39, 0.29) is 6.29 Å². The van der Waals surface area contributed by atoms with E-state index in [0.717, 1.165) is 37.8 Å². The topological polar surface area (TPSA) is 18.5 Å². The largest absolute Gasteiger partial charge is 0.353 e. The summed E-state index contributed by atoms with van der Waals surface area (Å²) in [5.74, 6) is 0. The fourth-order valence-electron chi connectivity index (χ4n) is 2.20. The Morgan fingerprint density at radius 3 is 2.94 bits per heavy atom. The predicted molar refractivity (Wildman–Crippen MR) is 76.9 cm³/mol. The van der Waals surface area contributed by atoms with E-state index < -0.39 is 0 Å². The number of hydrogen-bond acceptors (Lipinski definition) is 2. The number of aryl methyl sites for hydroxylation is 1. The first-order valence-corrected chi connectivity index (χ1v) is 7.87. The highest BCUT2D eigenvalue weighted by Gasteiger charge is 2.13. The minimum atomic E-state index is 0.0487. The number of rotatable bonds is 6. The maximum Gasteiger partial charge on any atom is 0.157 e. The average Bonchev–Trinajstić information content (AvgIpc) is 2.45. The van der Waals surface area contributed by atoms with Gasteiger partial charge in [-0.2, -0.15) is 0 Å². The Kier molecular flexibility index (Phi) is 6.18. The van der Waals surface area contributed by atoms with Gasteiger partial charge in [0.1, 0.15) is 0 Å². The number of ether oxygens (including phenoxy) is 2. The molecule has 3 heteroatoms. The molecule has 1 unspecified atom stereocenters. The van der Waals surface area contributed by atoms with Crippen LogP contribution in [0.5, 0.6) is 0 Å². The molecule has 0 saturated carbocycles. The highest BCUT2D eigenvalue weighted by molar-refractivity contribution is 9.08. The van der Waals surface area contributed by atoms with Crippen molar-refractivity contribution in [3.8, 4) is 0 Å². The quantitative estimate of drug-likeness (QED) is 0.582. The summed E-state index contributed by atoms with van der Waals surface area (Å²) in [4.78, 5) is 0. The zero-order valence-corrected chi connectivity index (χ0v) is 12.3. The van der Waals surface area contributed by atoms with Crippen LogP contribution in [0.3, 0.4) is 0 Å². The van der Waals surface area contributed by atoms with Crippen LogP contribution in [0, 0.1) is 0 Å². The normalized spacial score (nSPS) is 19.9. The third kappa shape index (κ3) is 4.71. The second kappa shape index (κ2) is 7.93. The van der Waals surface area contributed by atoms with Crippen molar-refractivity contribution >= 4 is 15.9 Å². The van der Waals surface area contributed by atoms with Crippen LogP contribution in [0.15, 0.2) is 24.3 Å². The Morgan fingerprint density at radius 1 is 1.28 bits per heavy atom. The summed E-state index contributed by atoms with van der Waals surface area (Å²) in [5, 5.41) is 0.924. The molecule has 1 saturated heterocycles. The molecular formula is C15H21BrO2. The van der Waals surface area contributed by atoms with E-state index in [2.05, 4.69) is 40.2 Å². The molecule has 1 fully saturated rings. The van der Waals surface area contributed by atoms with E-state index in [1.54, 1.807) is 0 Å². The number of benzene rings is 1. The van der Waals surface area contributed by atoms with Gasteiger partial charge in [0.25, 0.3) is 0 Å². The van der Waals surface area contributed by atoms with Crippen molar-refractivity contribution in [1.29, 1.82) is 0 Å². The average molecular weight is 313 g/mol. The minimum absolute atomic E-state index is 0.0487. The first-order valence-electron chi connectivity index (χ1n) is 6.75. The Morgan fingerprint density at radius 2 is 2.17 bits per heavy atom.